The third-order valence-electron chi connectivity index (χ3n) is 1.62. The zero-order valence-corrected chi connectivity index (χ0v) is 15.8. The lowest BCUT2D eigenvalue weighted by molar-refractivity contribution is -0.143. The summed E-state index contributed by atoms with van der Waals surface area (Å²) >= 11 is 16.8. The summed E-state index contributed by atoms with van der Waals surface area (Å²) in [5, 5.41) is 0. The number of carbonyl (C=O) groups excluding carboxylic acids is 1. The molecule has 0 fully saturated rings. The maximum Gasteiger partial charge on any atom is 0.304 e. The van der Waals surface area contributed by atoms with Crippen LogP contribution in [0.15, 0.2) is 25.6 Å². The molecular weight excluding hydrogens is 540 g/mol. The predicted octanol–water partition coefficient (Wildman–Crippen LogP) is 5.44. The third-order valence-corrected chi connectivity index (χ3v) is 6.17. The summed E-state index contributed by atoms with van der Waals surface area (Å²) in [6, 6.07) is 3.68. The highest BCUT2D eigenvalue weighted by atomic mass is 79.9. The van der Waals surface area contributed by atoms with Crippen LogP contribution in [-0.4, -0.2) is 5.97 Å². The van der Waals surface area contributed by atoms with Gasteiger partial charge in [-0.1, -0.05) is 6.07 Å². The van der Waals surface area contributed by atoms with E-state index >= 15 is 0 Å². The number of carbonyl (C=O) groups is 1. The molecule has 0 atom stereocenters. The van der Waals surface area contributed by atoms with Crippen LogP contribution in [0.2, 0.25) is 0 Å². The van der Waals surface area contributed by atoms with Gasteiger partial charge in [-0.3, -0.25) is 4.79 Å². The van der Waals surface area contributed by atoms with Crippen LogP contribution in [0, 0.1) is 0 Å². The molecule has 0 unspecified atom stereocenters. The van der Waals surface area contributed by atoms with Crippen molar-refractivity contribution < 1.29 is 9.53 Å². The van der Waals surface area contributed by atoms with E-state index in [9.17, 15) is 4.79 Å². The summed E-state index contributed by atoms with van der Waals surface area (Å²) in [5.74, 6) is -0.389. The Morgan fingerprint density at radius 1 is 1.19 bits per heavy atom. The van der Waals surface area contributed by atoms with E-state index in [0.717, 1.165) is 19.0 Å². The van der Waals surface area contributed by atoms with E-state index in [2.05, 4.69) is 79.6 Å². The fourth-order valence-corrected chi connectivity index (χ4v) is 4.20. The molecule has 0 spiro atoms. The van der Waals surface area contributed by atoms with Crippen molar-refractivity contribution in [3.05, 3.63) is 31.1 Å². The third kappa shape index (κ3) is 3.54. The smallest absolute Gasteiger partial charge is 0.304 e. The van der Waals surface area contributed by atoms with Crippen LogP contribution in [0.3, 0.4) is 0 Å². The SMILES string of the molecule is CC(=O)OC(Br)(Br)c1ccc(Br)c(Br)c1Br. The van der Waals surface area contributed by atoms with Crippen LogP contribution in [0.4, 0.5) is 0 Å². The minimum absolute atomic E-state index is 0.389. The van der Waals surface area contributed by atoms with E-state index in [-0.39, 0.29) is 5.97 Å². The molecule has 1 aromatic rings. The lowest BCUT2D eigenvalue weighted by Gasteiger charge is -2.22. The Bertz CT molecular complexity index is 430. The summed E-state index contributed by atoms with van der Waals surface area (Å²) in [6.45, 7) is 1.35. The summed E-state index contributed by atoms with van der Waals surface area (Å²) in [7, 11) is 0. The summed E-state index contributed by atoms with van der Waals surface area (Å²) < 4.78 is 6.63. The number of hydrogen-bond acceptors (Lipinski definition) is 2. The average molecular weight is 545 g/mol. The Morgan fingerprint density at radius 2 is 1.75 bits per heavy atom. The first-order chi connectivity index (χ1) is 7.25. The fraction of sp³-hybridized carbons (Fsp3) is 0.222. The molecule has 7 heteroatoms. The van der Waals surface area contributed by atoms with Gasteiger partial charge in [-0.15, -0.1) is 0 Å². The molecule has 2 nitrogen and oxygen atoms in total. The molecular formula is C9H5Br5O2. The van der Waals surface area contributed by atoms with Crippen molar-refractivity contribution in [3.63, 3.8) is 0 Å². The first-order valence-electron chi connectivity index (χ1n) is 3.97. The molecule has 0 N–H and O–H groups in total. The van der Waals surface area contributed by atoms with Gasteiger partial charge in [0.1, 0.15) is 0 Å². The maximum absolute atomic E-state index is 11.0. The van der Waals surface area contributed by atoms with Crippen molar-refractivity contribution >= 4 is 85.6 Å². The van der Waals surface area contributed by atoms with Crippen molar-refractivity contribution in [2.45, 2.75) is 10.3 Å². The Balaban J connectivity index is 3.23. The number of halogens is 5. The normalized spacial score (nSPS) is 11.4. The van der Waals surface area contributed by atoms with Gasteiger partial charge in [0.15, 0.2) is 0 Å². The maximum atomic E-state index is 11.0. The lowest BCUT2D eigenvalue weighted by atomic mass is 10.2. The highest BCUT2D eigenvalue weighted by molar-refractivity contribution is 9.24. The Hall–Kier alpha value is 1.09. The zero-order chi connectivity index (χ0) is 12.5. The number of alkyl halides is 2. The highest BCUT2D eigenvalue weighted by Gasteiger charge is 2.32. The number of benzene rings is 1. The van der Waals surface area contributed by atoms with Gasteiger partial charge in [-0.25, -0.2) is 0 Å². The zero-order valence-electron chi connectivity index (χ0n) is 7.86. The van der Waals surface area contributed by atoms with Gasteiger partial charge in [0.25, 0.3) is 0 Å². The second-order valence-corrected chi connectivity index (χ2v) is 8.57. The molecule has 0 radical (unpaired) electrons. The second-order valence-electron chi connectivity index (χ2n) is 2.83. The number of hydrogen-bond donors (Lipinski definition) is 0. The van der Waals surface area contributed by atoms with Crippen molar-refractivity contribution in [2.24, 2.45) is 0 Å². The average Bonchev–Trinajstić information content (AvgIpc) is 2.11. The summed E-state index contributed by atoms with van der Waals surface area (Å²) in [4.78, 5) is 11.0. The van der Waals surface area contributed by atoms with Gasteiger partial charge in [0.2, 0.25) is 3.42 Å². The molecule has 16 heavy (non-hydrogen) atoms. The van der Waals surface area contributed by atoms with E-state index < -0.39 is 3.42 Å². The number of rotatable bonds is 2. The standard InChI is InChI=1S/C9H5Br5O2/c1-4(15)16-9(13,14)5-2-3-6(10)8(12)7(5)11/h2-3H,1H3. The molecule has 0 saturated heterocycles. The van der Waals surface area contributed by atoms with Crippen molar-refractivity contribution in [2.75, 3.05) is 0 Å². The van der Waals surface area contributed by atoms with E-state index in [4.69, 9.17) is 4.74 Å². The molecule has 0 aliphatic carbocycles. The highest BCUT2D eigenvalue weighted by Crippen LogP contribution is 2.46. The molecule has 88 valence electrons. The monoisotopic (exact) mass is 540 g/mol. The summed E-state index contributed by atoms with van der Waals surface area (Å²) in [6.07, 6.45) is 0. The quantitative estimate of drug-likeness (QED) is 0.282. The largest absolute Gasteiger partial charge is 0.433 e. The van der Waals surface area contributed by atoms with Gasteiger partial charge in [-0.2, -0.15) is 0 Å². The van der Waals surface area contributed by atoms with E-state index in [0.29, 0.717) is 0 Å². The van der Waals surface area contributed by atoms with Gasteiger partial charge >= 0.3 is 5.97 Å². The number of ether oxygens (including phenoxy) is 1. The van der Waals surface area contributed by atoms with Crippen LogP contribution in [0.5, 0.6) is 0 Å². The molecule has 0 heterocycles. The first kappa shape index (κ1) is 15.1. The molecule has 0 aromatic heterocycles. The Kier molecular flexibility index (Phi) is 5.51. The molecule has 0 aliphatic rings. The second kappa shape index (κ2) is 5.82. The van der Waals surface area contributed by atoms with Crippen molar-refractivity contribution in [1.82, 2.24) is 0 Å². The van der Waals surface area contributed by atoms with Crippen LogP contribution in [-0.2, 0) is 13.0 Å². The van der Waals surface area contributed by atoms with Crippen LogP contribution < -0.4 is 0 Å². The van der Waals surface area contributed by atoms with Crippen molar-refractivity contribution in [1.29, 1.82) is 0 Å². The van der Waals surface area contributed by atoms with Gasteiger partial charge < -0.3 is 4.74 Å². The van der Waals surface area contributed by atoms with Gasteiger partial charge in [0, 0.05) is 25.9 Å². The molecule has 0 bridgehead atoms. The van der Waals surface area contributed by atoms with E-state index in [1.54, 1.807) is 0 Å². The van der Waals surface area contributed by atoms with Crippen LogP contribution >= 0.6 is 79.6 Å². The minimum atomic E-state index is -1.03. The molecule has 0 aliphatic heterocycles. The number of esters is 1. The van der Waals surface area contributed by atoms with Gasteiger partial charge in [-0.05, 0) is 85.7 Å². The fourth-order valence-electron chi connectivity index (χ4n) is 0.986. The molecule has 0 saturated carbocycles. The minimum Gasteiger partial charge on any atom is -0.433 e. The van der Waals surface area contributed by atoms with E-state index in [1.165, 1.54) is 6.92 Å². The molecule has 1 aromatic carbocycles. The molecule has 1 rings (SSSR count). The predicted molar refractivity (Wildman–Crippen MR) is 80.8 cm³/mol. The topological polar surface area (TPSA) is 26.3 Å². The Labute approximate surface area is 135 Å². The Morgan fingerprint density at radius 3 is 2.25 bits per heavy atom. The van der Waals surface area contributed by atoms with Crippen LogP contribution in [0.25, 0.3) is 0 Å². The van der Waals surface area contributed by atoms with Gasteiger partial charge in [0.05, 0.1) is 0 Å². The first-order valence-corrected chi connectivity index (χ1v) is 7.93. The van der Waals surface area contributed by atoms with E-state index in [1.807, 2.05) is 12.1 Å². The molecule has 0 amide bonds. The summed E-state index contributed by atoms with van der Waals surface area (Å²) in [5.41, 5.74) is 0.748. The lowest BCUT2D eigenvalue weighted by Crippen LogP contribution is -2.18. The van der Waals surface area contributed by atoms with Crippen molar-refractivity contribution in [3.8, 4) is 0 Å². The van der Waals surface area contributed by atoms with Crippen LogP contribution in [0.1, 0.15) is 12.5 Å².